The summed E-state index contributed by atoms with van der Waals surface area (Å²) in [7, 11) is 0. The fourth-order valence-electron chi connectivity index (χ4n) is 3.67. The highest BCUT2D eigenvalue weighted by atomic mass is 16.6. The van der Waals surface area contributed by atoms with Gasteiger partial charge in [-0.2, -0.15) is 0 Å². The summed E-state index contributed by atoms with van der Waals surface area (Å²) in [5.74, 6) is 0.974. The van der Waals surface area contributed by atoms with Crippen molar-refractivity contribution in [3.8, 4) is 0 Å². The minimum Gasteiger partial charge on any atom is -0.444 e. The van der Waals surface area contributed by atoms with E-state index < -0.39 is 10.5 Å². The summed E-state index contributed by atoms with van der Waals surface area (Å²) in [4.78, 5) is 33.2. The molecule has 2 aromatic rings. The Kier molecular flexibility index (Phi) is 6.42. The molecule has 0 saturated carbocycles. The first-order valence-electron chi connectivity index (χ1n) is 10.3. The number of carbonyl (C=O) groups excluding carboxylic acids is 1. The summed E-state index contributed by atoms with van der Waals surface area (Å²) in [6.07, 6.45) is 0.621. The Morgan fingerprint density at radius 2 is 1.94 bits per heavy atom. The first kappa shape index (κ1) is 22.5. The minimum atomic E-state index is -0.500. The molecule has 0 bridgehead atoms. The van der Waals surface area contributed by atoms with E-state index in [1.54, 1.807) is 18.7 Å². The van der Waals surface area contributed by atoms with Crippen LogP contribution in [0, 0.1) is 24.0 Å². The van der Waals surface area contributed by atoms with E-state index in [9.17, 15) is 14.9 Å². The van der Waals surface area contributed by atoms with Crippen LogP contribution < -0.4 is 5.32 Å². The van der Waals surface area contributed by atoms with Crippen molar-refractivity contribution in [3.05, 3.63) is 57.0 Å². The maximum atomic E-state index is 12.3. The first-order valence-corrected chi connectivity index (χ1v) is 10.3. The number of likely N-dealkylation sites (tertiary alicyclic amines) is 1. The van der Waals surface area contributed by atoms with Crippen molar-refractivity contribution in [1.29, 1.82) is 0 Å². The summed E-state index contributed by atoms with van der Waals surface area (Å²) in [6.45, 7) is 10.6. The lowest BCUT2D eigenvalue weighted by Gasteiger charge is -2.24. The van der Waals surface area contributed by atoms with Crippen molar-refractivity contribution in [2.75, 3.05) is 18.4 Å². The second kappa shape index (κ2) is 8.87. The van der Waals surface area contributed by atoms with E-state index in [0.29, 0.717) is 31.2 Å². The molecule has 0 radical (unpaired) electrons. The number of rotatable bonds is 5. The molecule has 9 nitrogen and oxygen atoms in total. The minimum absolute atomic E-state index is 0.101. The Balaban J connectivity index is 1.62. The Bertz CT molecular complexity index is 969. The lowest BCUT2D eigenvalue weighted by molar-refractivity contribution is -0.385. The number of aromatic nitrogens is 2. The van der Waals surface area contributed by atoms with Gasteiger partial charge in [0, 0.05) is 25.6 Å². The highest BCUT2D eigenvalue weighted by Crippen LogP contribution is 2.29. The zero-order chi connectivity index (χ0) is 22.8. The molecule has 9 heteroatoms. The molecule has 2 heterocycles. The molecule has 1 fully saturated rings. The zero-order valence-corrected chi connectivity index (χ0v) is 18.6. The van der Waals surface area contributed by atoms with Crippen molar-refractivity contribution in [2.24, 2.45) is 0 Å². The quantitative estimate of drug-likeness (QED) is 0.558. The van der Waals surface area contributed by atoms with Gasteiger partial charge in [0.05, 0.1) is 4.92 Å². The third-order valence-corrected chi connectivity index (χ3v) is 5.10. The molecule has 1 unspecified atom stereocenters. The third-order valence-electron chi connectivity index (χ3n) is 5.10. The molecule has 1 amide bonds. The van der Waals surface area contributed by atoms with Gasteiger partial charge in [0.15, 0.2) is 0 Å². The summed E-state index contributed by atoms with van der Waals surface area (Å²) in [6, 6.07) is 8.08. The number of carbonyl (C=O) groups is 1. The lowest BCUT2D eigenvalue weighted by atomic mass is 9.97. The highest BCUT2D eigenvalue weighted by molar-refractivity contribution is 5.68. The van der Waals surface area contributed by atoms with Crippen LogP contribution >= 0.6 is 0 Å². The Morgan fingerprint density at radius 1 is 1.26 bits per heavy atom. The normalized spacial score (nSPS) is 16.3. The standard InChI is InChI=1S/C22H29N5O4/c1-14-19(27(29)30)20(25-15(2)24-14)23-12-16-6-8-17(9-7-16)18-10-11-26(13-18)21(28)31-22(3,4)5/h6-9,18H,10-13H2,1-5H3,(H,23,24,25). The second-order valence-corrected chi connectivity index (χ2v) is 8.82. The van der Waals surface area contributed by atoms with Gasteiger partial charge in [-0.1, -0.05) is 24.3 Å². The Morgan fingerprint density at radius 3 is 2.55 bits per heavy atom. The predicted octanol–water partition coefficient (Wildman–Crippen LogP) is 4.34. The van der Waals surface area contributed by atoms with Crippen LogP contribution in [-0.2, 0) is 11.3 Å². The Labute approximate surface area is 182 Å². The van der Waals surface area contributed by atoms with E-state index in [-0.39, 0.29) is 23.5 Å². The van der Waals surface area contributed by atoms with Crippen LogP contribution in [0.1, 0.15) is 55.8 Å². The van der Waals surface area contributed by atoms with Crippen molar-refractivity contribution < 1.29 is 14.5 Å². The van der Waals surface area contributed by atoms with Gasteiger partial charge in [-0.15, -0.1) is 0 Å². The number of nitrogens with zero attached hydrogens (tertiary/aromatic N) is 4. The van der Waals surface area contributed by atoms with Crippen molar-refractivity contribution in [3.63, 3.8) is 0 Å². The zero-order valence-electron chi connectivity index (χ0n) is 18.6. The van der Waals surface area contributed by atoms with Gasteiger partial charge >= 0.3 is 11.8 Å². The molecule has 1 saturated heterocycles. The number of hydrogen-bond acceptors (Lipinski definition) is 7. The Hall–Kier alpha value is -3.23. The molecule has 31 heavy (non-hydrogen) atoms. The molecule has 1 N–H and O–H groups in total. The maximum Gasteiger partial charge on any atom is 0.410 e. The van der Waals surface area contributed by atoms with E-state index in [0.717, 1.165) is 17.5 Å². The van der Waals surface area contributed by atoms with Crippen LogP contribution in [0.15, 0.2) is 24.3 Å². The number of ether oxygens (including phenoxy) is 1. The summed E-state index contributed by atoms with van der Waals surface area (Å²) >= 11 is 0. The molecule has 1 aliphatic heterocycles. The number of nitro groups is 1. The molecule has 0 aliphatic carbocycles. The molecule has 1 aromatic heterocycles. The number of aryl methyl sites for hydroxylation is 2. The van der Waals surface area contributed by atoms with Gasteiger partial charge in [-0.25, -0.2) is 14.8 Å². The molecule has 1 aliphatic rings. The van der Waals surface area contributed by atoms with E-state index >= 15 is 0 Å². The average molecular weight is 428 g/mol. The molecule has 1 aromatic carbocycles. The SMILES string of the molecule is Cc1nc(C)c([N+](=O)[O-])c(NCc2ccc(C3CCN(C(=O)OC(C)(C)C)C3)cc2)n1. The molecule has 1 atom stereocenters. The average Bonchev–Trinajstić information content (AvgIpc) is 3.15. The van der Waals surface area contributed by atoms with Crippen LogP contribution in [0.2, 0.25) is 0 Å². The molecular weight excluding hydrogens is 398 g/mol. The maximum absolute atomic E-state index is 12.3. The van der Waals surface area contributed by atoms with E-state index in [1.807, 2.05) is 45.0 Å². The monoisotopic (exact) mass is 427 g/mol. The number of amides is 1. The number of benzene rings is 1. The fourth-order valence-corrected chi connectivity index (χ4v) is 3.67. The van der Waals surface area contributed by atoms with Crippen LogP contribution in [0.5, 0.6) is 0 Å². The topological polar surface area (TPSA) is 110 Å². The summed E-state index contributed by atoms with van der Waals surface area (Å²) in [5.41, 5.74) is 1.88. The molecule has 3 rings (SSSR count). The number of nitrogens with one attached hydrogen (secondary N) is 1. The number of hydrogen-bond donors (Lipinski definition) is 1. The van der Waals surface area contributed by atoms with E-state index in [2.05, 4.69) is 15.3 Å². The van der Waals surface area contributed by atoms with Crippen molar-refractivity contribution in [2.45, 2.75) is 59.1 Å². The molecular formula is C22H29N5O4. The molecule has 0 spiro atoms. The largest absolute Gasteiger partial charge is 0.444 e. The third kappa shape index (κ3) is 5.68. The highest BCUT2D eigenvalue weighted by Gasteiger charge is 2.30. The van der Waals surface area contributed by atoms with Gasteiger partial charge in [-0.05, 0) is 52.2 Å². The van der Waals surface area contributed by atoms with Crippen LogP contribution in [0.4, 0.5) is 16.3 Å². The second-order valence-electron chi connectivity index (χ2n) is 8.82. The first-order chi connectivity index (χ1) is 14.5. The summed E-state index contributed by atoms with van der Waals surface area (Å²) < 4.78 is 5.46. The van der Waals surface area contributed by atoms with Crippen molar-refractivity contribution in [1.82, 2.24) is 14.9 Å². The molecule has 166 valence electrons. The van der Waals surface area contributed by atoms with Crippen LogP contribution in [-0.4, -0.2) is 44.6 Å². The van der Waals surface area contributed by atoms with Crippen molar-refractivity contribution >= 4 is 17.6 Å². The van der Waals surface area contributed by atoms with Gasteiger partial charge < -0.3 is 15.0 Å². The van der Waals surface area contributed by atoms with Gasteiger partial charge in [-0.3, -0.25) is 10.1 Å². The summed E-state index contributed by atoms with van der Waals surface area (Å²) in [5, 5.41) is 14.4. The smallest absolute Gasteiger partial charge is 0.410 e. The predicted molar refractivity (Wildman–Crippen MR) is 117 cm³/mol. The van der Waals surface area contributed by atoms with Crippen LogP contribution in [0.25, 0.3) is 0 Å². The van der Waals surface area contributed by atoms with E-state index in [1.165, 1.54) is 0 Å². The van der Waals surface area contributed by atoms with Gasteiger partial charge in [0.1, 0.15) is 17.1 Å². The van der Waals surface area contributed by atoms with Gasteiger partial charge in [0.2, 0.25) is 5.82 Å². The number of anilines is 1. The fraction of sp³-hybridized carbons (Fsp3) is 0.500. The van der Waals surface area contributed by atoms with Crippen LogP contribution in [0.3, 0.4) is 0 Å². The van der Waals surface area contributed by atoms with Gasteiger partial charge in [0.25, 0.3) is 0 Å². The lowest BCUT2D eigenvalue weighted by Crippen LogP contribution is -2.35. The van der Waals surface area contributed by atoms with E-state index in [4.69, 9.17) is 4.74 Å².